The van der Waals surface area contributed by atoms with E-state index in [1.165, 1.54) is 92.5 Å². The third-order valence-corrected chi connectivity index (χ3v) is 14.4. The first-order chi connectivity index (χ1) is 33.3. The van der Waals surface area contributed by atoms with Gasteiger partial charge in [-0.2, -0.15) is 0 Å². The normalized spacial score (nSPS) is 13.3. The maximum absolute atomic E-state index is 6.32. The van der Waals surface area contributed by atoms with Crippen molar-refractivity contribution in [2.45, 2.75) is 38.0 Å². The van der Waals surface area contributed by atoms with E-state index < -0.39 is 0 Å². The molecule has 3 heteroatoms. The molecule has 0 bridgehead atoms. The summed E-state index contributed by atoms with van der Waals surface area (Å²) < 4.78 is 8.72. The van der Waals surface area contributed by atoms with Gasteiger partial charge in [0.25, 0.3) is 0 Å². The van der Waals surface area contributed by atoms with Crippen molar-refractivity contribution < 1.29 is 4.42 Å². The van der Waals surface area contributed by atoms with Crippen molar-refractivity contribution in [2.24, 2.45) is 0 Å². The Balaban J connectivity index is 1.02. The van der Waals surface area contributed by atoms with Crippen LogP contribution in [0.5, 0.6) is 0 Å². The number of furan rings is 1. The fraction of sp³-hybridized carbons (Fsp3) is 0.0938. The number of benzene rings is 10. The van der Waals surface area contributed by atoms with Gasteiger partial charge in [-0.25, -0.2) is 0 Å². The van der Waals surface area contributed by atoms with Crippen molar-refractivity contribution in [3.63, 3.8) is 0 Å². The highest BCUT2D eigenvalue weighted by molar-refractivity contribution is 6.16. The number of fused-ring (bicyclic) bond motifs is 7. The first-order valence-electron chi connectivity index (χ1n) is 23.9. The molecule has 0 amide bonds. The van der Waals surface area contributed by atoms with E-state index in [2.05, 4.69) is 228 Å². The molecule has 0 saturated heterocycles. The van der Waals surface area contributed by atoms with Crippen molar-refractivity contribution in [2.75, 3.05) is 4.90 Å². The van der Waals surface area contributed by atoms with Gasteiger partial charge in [0.2, 0.25) is 0 Å². The van der Waals surface area contributed by atoms with Crippen LogP contribution >= 0.6 is 0 Å². The highest BCUT2D eigenvalue weighted by atomic mass is 16.3. The Morgan fingerprint density at radius 2 is 1.01 bits per heavy atom. The van der Waals surface area contributed by atoms with Gasteiger partial charge < -0.3 is 13.9 Å². The predicted molar refractivity (Wildman–Crippen MR) is 282 cm³/mol. The summed E-state index contributed by atoms with van der Waals surface area (Å²) in [6, 6.07) is 82.4. The van der Waals surface area contributed by atoms with E-state index in [0.29, 0.717) is 5.92 Å². The van der Waals surface area contributed by atoms with E-state index in [0.717, 1.165) is 55.8 Å². The number of anilines is 3. The van der Waals surface area contributed by atoms with Crippen LogP contribution in [-0.4, -0.2) is 4.57 Å². The Morgan fingerprint density at radius 3 is 1.85 bits per heavy atom. The van der Waals surface area contributed by atoms with E-state index in [-0.39, 0.29) is 0 Å². The molecule has 12 aromatic rings. The average Bonchev–Trinajstić information content (AvgIpc) is 3.95. The molecule has 0 aliphatic heterocycles. The molecule has 10 aromatic carbocycles. The molecule has 0 spiro atoms. The van der Waals surface area contributed by atoms with Crippen LogP contribution in [0.4, 0.5) is 17.1 Å². The number of rotatable bonds is 8. The van der Waals surface area contributed by atoms with Crippen molar-refractivity contribution in [3.05, 3.63) is 230 Å². The van der Waals surface area contributed by atoms with Gasteiger partial charge in [-0.3, -0.25) is 0 Å². The average molecular weight is 861 g/mol. The molecule has 67 heavy (non-hydrogen) atoms. The zero-order chi connectivity index (χ0) is 44.3. The van der Waals surface area contributed by atoms with Gasteiger partial charge in [0.15, 0.2) is 0 Å². The maximum Gasteiger partial charge on any atom is 0.135 e. The Hall–Kier alpha value is -8.14. The van der Waals surface area contributed by atoms with Gasteiger partial charge in [0.05, 0.1) is 22.4 Å². The zero-order valence-corrected chi connectivity index (χ0v) is 37.3. The summed E-state index contributed by atoms with van der Waals surface area (Å²) in [4.78, 5) is 2.50. The van der Waals surface area contributed by atoms with E-state index in [1.54, 1.807) is 0 Å². The van der Waals surface area contributed by atoms with Gasteiger partial charge in [-0.05, 0) is 124 Å². The summed E-state index contributed by atoms with van der Waals surface area (Å²) in [7, 11) is 0. The van der Waals surface area contributed by atoms with Crippen LogP contribution in [0.2, 0.25) is 0 Å². The zero-order valence-electron chi connectivity index (χ0n) is 37.3. The van der Waals surface area contributed by atoms with Crippen molar-refractivity contribution in [1.29, 1.82) is 0 Å². The fourth-order valence-electron chi connectivity index (χ4n) is 11.4. The highest BCUT2D eigenvalue weighted by Gasteiger charge is 2.25. The van der Waals surface area contributed by atoms with E-state index >= 15 is 0 Å². The largest absolute Gasteiger partial charge is 0.456 e. The first kappa shape index (κ1) is 39.2. The standard InChI is InChI=1S/C64H48N2O/c1-3-18-43(19-4-1)50-28-15-20-45-21-16-30-54(63(45)50)52-25-8-12-32-58(52)65(57-31-11-7-24-49(57)46-38-41-62-56(42-46)53-26-10-14-35-61(53)67-62)48-39-36-44(37-40-48)51-29-17-34-60-64(51)55-27-9-13-33-59(55)66(60)47-22-5-2-6-23-47/h2,5-17,20-43H,1,3-4,18-19H2. The molecule has 0 N–H and O–H groups in total. The lowest BCUT2D eigenvalue weighted by Gasteiger charge is -2.31. The van der Waals surface area contributed by atoms with E-state index in [9.17, 15) is 0 Å². The second kappa shape index (κ2) is 16.4. The lowest BCUT2D eigenvalue weighted by molar-refractivity contribution is 0.445. The van der Waals surface area contributed by atoms with Crippen molar-refractivity contribution in [1.82, 2.24) is 4.57 Å². The molecule has 0 radical (unpaired) electrons. The fourth-order valence-corrected chi connectivity index (χ4v) is 11.4. The second-order valence-corrected chi connectivity index (χ2v) is 18.2. The summed E-state index contributed by atoms with van der Waals surface area (Å²) in [6.45, 7) is 0. The highest BCUT2D eigenvalue weighted by Crippen LogP contribution is 2.49. The SMILES string of the molecule is c1ccc(-n2c3ccccc3c3c(-c4ccc(N(c5ccccc5-c5ccc6oc7ccccc7c6c5)c5ccccc5-c5cccc6cccc(C7CCCCC7)c56)cc4)cccc32)cc1. The summed E-state index contributed by atoms with van der Waals surface area (Å²) in [5.41, 5.74) is 17.3. The quantitative estimate of drug-likeness (QED) is 0.152. The van der Waals surface area contributed by atoms with Gasteiger partial charge in [0, 0.05) is 44.0 Å². The lowest BCUT2D eigenvalue weighted by Crippen LogP contribution is -2.12. The third-order valence-electron chi connectivity index (χ3n) is 14.4. The number of aromatic nitrogens is 1. The van der Waals surface area contributed by atoms with Crippen LogP contribution in [0.3, 0.4) is 0 Å². The minimum absolute atomic E-state index is 0.565. The van der Waals surface area contributed by atoms with Crippen molar-refractivity contribution in [3.8, 4) is 39.1 Å². The predicted octanol–water partition coefficient (Wildman–Crippen LogP) is 18.4. The smallest absolute Gasteiger partial charge is 0.135 e. The van der Waals surface area contributed by atoms with Gasteiger partial charge in [-0.1, -0.05) is 177 Å². The van der Waals surface area contributed by atoms with Gasteiger partial charge >= 0.3 is 0 Å². The Kier molecular flexibility index (Phi) is 9.60. The van der Waals surface area contributed by atoms with Crippen LogP contribution in [0.25, 0.3) is 93.6 Å². The number of hydrogen-bond donors (Lipinski definition) is 0. The molecular weight excluding hydrogens is 813 g/mol. The number of para-hydroxylation sites is 5. The van der Waals surface area contributed by atoms with Crippen LogP contribution in [0.1, 0.15) is 43.6 Å². The van der Waals surface area contributed by atoms with Crippen LogP contribution in [0, 0.1) is 0 Å². The Labute approximate surface area is 390 Å². The third kappa shape index (κ3) is 6.64. The molecule has 320 valence electrons. The molecule has 2 aromatic heterocycles. The second-order valence-electron chi connectivity index (χ2n) is 18.2. The molecule has 0 atom stereocenters. The van der Waals surface area contributed by atoms with Crippen LogP contribution in [-0.2, 0) is 0 Å². The van der Waals surface area contributed by atoms with E-state index in [4.69, 9.17) is 4.42 Å². The van der Waals surface area contributed by atoms with Crippen LogP contribution in [0.15, 0.2) is 229 Å². The molecule has 1 fully saturated rings. The summed E-state index contributed by atoms with van der Waals surface area (Å²) in [6.07, 6.45) is 6.42. The molecule has 13 rings (SSSR count). The monoisotopic (exact) mass is 860 g/mol. The molecule has 1 saturated carbocycles. The molecular formula is C64H48N2O. The summed E-state index contributed by atoms with van der Waals surface area (Å²) in [5.74, 6) is 0.565. The number of hydrogen-bond acceptors (Lipinski definition) is 2. The molecule has 1 aliphatic carbocycles. The van der Waals surface area contributed by atoms with Crippen LogP contribution < -0.4 is 4.90 Å². The topological polar surface area (TPSA) is 21.3 Å². The van der Waals surface area contributed by atoms with E-state index in [1.807, 2.05) is 6.07 Å². The molecule has 2 heterocycles. The maximum atomic E-state index is 6.32. The lowest BCUT2D eigenvalue weighted by atomic mass is 9.80. The summed E-state index contributed by atoms with van der Waals surface area (Å²) >= 11 is 0. The van der Waals surface area contributed by atoms with Gasteiger partial charge in [0.1, 0.15) is 11.2 Å². The van der Waals surface area contributed by atoms with Crippen molar-refractivity contribution >= 4 is 71.6 Å². The number of nitrogens with zero attached hydrogens (tertiary/aromatic N) is 2. The summed E-state index contributed by atoms with van der Waals surface area (Å²) in [5, 5.41) is 7.43. The molecule has 1 aliphatic rings. The molecule has 0 unspecified atom stereocenters. The first-order valence-corrected chi connectivity index (χ1v) is 23.9. The Morgan fingerprint density at radius 1 is 0.403 bits per heavy atom. The minimum Gasteiger partial charge on any atom is -0.456 e. The minimum atomic E-state index is 0.565. The molecule has 3 nitrogen and oxygen atoms in total. The van der Waals surface area contributed by atoms with Gasteiger partial charge in [-0.15, -0.1) is 0 Å². The Bertz CT molecular complexity index is 3790.